The van der Waals surface area contributed by atoms with Gasteiger partial charge in [0, 0.05) is 5.41 Å². The van der Waals surface area contributed by atoms with E-state index in [1.165, 1.54) is 19.3 Å². The van der Waals surface area contributed by atoms with Crippen LogP contribution in [0.25, 0.3) is 0 Å². The Morgan fingerprint density at radius 2 is 1.56 bits per heavy atom. The monoisotopic (exact) mass is 250 g/mol. The minimum Gasteiger partial charge on any atom is -0.434 e. The van der Waals surface area contributed by atoms with Crippen LogP contribution in [0.3, 0.4) is 0 Å². The average molecular weight is 250 g/mol. The molecule has 0 aromatic heterocycles. The van der Waals surface area contributed by atoms with Gasteiger partial charge in [0.1, 0.15) is 0 Å². The Labute approximate surface area is 106 Å². The summed E-state index contributed by atoms with van der Waals surface area (Å²) in [5.74, 6) is 7.30. The van der Waals surface area contributed by atoms with Crippen molar-refractivity contribution in [1.82, 2.24) is 5.01 Å². The summed E-state index contributed by atoms with van der Waals surface area (Å²) >= 11 is 0. The van der Waals surface area contributed by atoms with Crippen molar-refractivity contribution >= 4 is 12.0 Å². The van der Waals surface area contributed by atoms with Gasteiger partial charge in [0.05, 0.1) is 0 Å². The second-order valence-electron chi connectivity index (χ2n) is 6.75. The van der Waals surface area contributed by atoms with E-state index in [2.05, 4.69) is 0 Å². The molecule has 5 nitrogen and oxygen atoms in total. The minimum atomic E-state index is -0.680. The van der Waals surface area contributed by atoms with Crippen LogP contribution in [0, 0.1) is 23.2 Å². The quantitative estimate of drug-likeness (QED) is 0.564. The number of cyclic esters (lactones) is 1. The van der Waals surface area contributed by atoms with E-state index in [1.54, 1.807) is 0 Å². The summed E-state index contributed by atoms with van der Waals surface area (Å²) in [6, 6.07) is 0. The van der Waals surface area contributed by atoms with Crippen molar-refractivity contribution in [3.8, 4) is 0 Å². The van der Waals surface area contributed by atoms with Crippen LogP contribution in [0.15, 0.2) is 0 Å². The molecule has 98 valence electrons. The third kappa shape index (κ3) is 1.25. The van der Waals surface area contributed by atoms with Crippen molar-refractivity contribution in [2.45, 2.75) is 44.6 Å². The highest BCUT2D eigenvalue weighted by Gasteiger charge is 2.60. The Balaban J connectivity index is 1.68. The Morgan fingerprint density at radius 3 is 1.94 bits per heavy atom. The highest BCUT2D eigenvalue weighted by atomic mass is 16.6. The van der Waals surface area contributed by atoms with Crippen LogP contribution >= 0.6 is 0 Å². The fourth-order valence-corrected chi connectivity index (χ4v) is 5.31. The number of amides is 2. The minimum absolute atomic E-state index is 0.102. The van der Waals surface area contributed by atoms with Gasteiger partial charge in [0.2, 0.25) is 0 Å². The lowest BCUT2D eigenvalue weighted by atomic mass is 9.48. The number of ether oxygens (including phenoxy) is 1. The number of nitrogens with two attached hydrogens (primary N) is 1. The summed E-state index contributed by atoms with van der Waals surface area (Å²) < 4.78 is 5.28. The van der Waals surface area contributed by atoms with Crippen LogP contribution in [0.4, 0.5) is 4.79 Å². The number of carbonyl (C=O) groups is 2. The molecule has 1 aliphatic heterocycles. The van der Waals surface area contributed by atoms with Gasteiger partial charge in [-0.1, -0.05) is 0 Å². The summed E-state index contributed by atoms with van der Waals surface area (Å²) in [4.78, 5) is 23.5. The molecule has 1 unspecified atom stereocenters. The summed E-state index contributed by atoms with van der Waals surface area (Å²) in [5, 5.41) is 0.656. The highest BCUT2D eigenvalue weighted by Crippen LogP contribution is 2.62. The molecule has 4 saturated carbocycles. The summed E-state index contributed by atoms with van der Waals surface area (Å²) in [6.45, 7) is 0. The average Bonchev–Trinajstić information content (AvgIpc) is 2.56. The maximum atomic E-state index is 12.1. The number of imide groups is 1. The molecule has 5 fully saturated rings. The molecule has 5 heteroatoms. The second kappa shape index (κ2) is 3.26. The Hall–Kier alpha value is -1.10. The maximum absolute atomic E-state index is 12.1. The van der Waals surface area contributed by atoms with Crippen LogP contribution in [0.2, 0.25) is 0 Å². The molecule has 0 radical (unpaired) electrons. The van der Waals surface area contributed by atoms with Crippen molar-refractivity contribution in [2.75, 3.05) is 0 Å². The molecule has 1 heterocycles. The molecule has 2 N–H and O–H groups in total. The molecule has 0 spiro atoms. The normalized spacial score (nSPS) is 49.9. The Bertz CT molecular complexity index is 399. The van der Waals surface area contributed by atoms with Gasteiger partial charge in [-0.3, -0.25) is 4.79 Å². The standard InChI is InChI=1S/C13H18N2O3/c14-15-11(16)10(18-12(15)17)13-4-7-1-8(5-13)3-9(2-7)6-13/h7-10H,1-6,14H2. The molecule has 4 aliphatic carbocycles. The van der Waals surface area contributed by atoms with Crippen molar-refractivity contribution < 1.29 is 14.3 Å². The zero-order valence-electron chi connectivity index (χ0n) is 10.3. The molecular weight excluding hydrogens is 232 g/mol. The van der Waals surface area contributed by atoms with Gasteiger partial charge in [0.15, 0.2) is 6.10 Å². The fourth-order valence-electron chi connectivity index (χ4n) is 5.31. The SMILES string of the molecule is NN1C(=O)OC(C23CC4CC(CC(C4)C2)C3)C1=O. The van der Waals surface area contributed by atoms with Crippen LogP contribution < -0.4 is 5.84 Å². The number of hydrogen-bond acceptors (Lipinski definition) is 4. The van der Waals surface area contributed by atoms with E-state index >= 15 is 0 Å². The van der Waals surface area contributed by atoms with Gasteiger partial charge < -0.3 is 4.74 Å². The molecular formula is C13H18N2O3. The highest BCUT2D eigenvalue weighted by molar-refractivity contribution is 5.99. The van der Waals surface area contributed by atoms with Gasteiger partial charge in [-0.15, -0.1) is 0 Å². The van der Waals surface area contributed by atoms with E-state index in [-0.39, 0.29) is 11.3 Å². The molecule has 5 rings (SSSR count). The summed E-state index contributed by atoms with van der Waals surface area (Å²) in [6.07, 6.45) is 5.74. The van der Waals surface area contributed by atoms with E-state index in [4.69, 9.17) is 10.6 Å². The summed E-state index contributed by atoms with van der Waals surface area (Å²) in [7, 11) is 0. The lowest BCUT2D eigenvalue weighted by molar-refractivity contribution is -0.149. The zero-order valence-corrected chi connectivity index (χ0v) is 10.3. The first-order chi connectivity index (χ1) is 8.57. The maximum Gasteiger partial charge on any atom is 0.432 e. The molecule has 1 atom stereocenters. The van der Waals surface area contributed by atoms with Crippen LogP contribution in [0.1, 0.15) is 38.5 Å². The van der Waals surface area contributed by atoms with Gasteiger partial charge >= 0.3 is 6.09 Å². The van der Waals surface area contributed by atoms with E-state index in [0.29, 0.717) is 5.01 Å². The lowest BCUT2D eigenvalue weighted by Crippen LogP contribution is -2.54. The van der Waals surface area contributed by atoms with Crippen LogP contribution in [-0.4, -0.2) is 23.1 Å². The largest absolute Gasteiger partial charge is 0.434 e. The van der Waals surface area contributed by atoms with Crippen molar-refractivity contribution in [3.05, 3.63) is 0 Å². The van der Waals surface area contributed by atoms with E-state index in [0.717, 1.165) is 37.0 Å². The number of rotatable bonds is 1. The third-order valence-electron chi connectivity index (χ3n) is 5.52. The first-order valence-corrected chi connectivity index (χ1v) is 6.87. The molecule has 0 aromatic carbocycles. The number of nitrogens with zero attached hydrogens (tertiary/aromatic N) is 1. The number of hydrazine groups is 1. The Morgan fingerprint density at radius 1 is 1.06 bits per heavy atom. The van der Waals surface area contributed by atoms with Crippen molar-refractivity contribution in [3.63, 3.8) is 0 Å². The predicted molar refractivity (Wildman–Crippen MR) is 61.9 cm³/mol. The molecule has 4 bridgehead atoms. The van der Waals surface area contributed by atoms with Gasteiger partial charge in [-0.2, -0.15) is 5.01 Å². The smallest absolute Gasteiger partial charge is 0.432 e. The first-order valence-electron chi connectivity index (χ1n) is 6.87. The first kappa shape index (κ1) is 10.8. The summed E-state index contributed by atoms with van der Waals surface area (Å²) in [5.41, 5.74) is -0.102. The molecule has 5 aliphatic rings. The second-order valence-corrected chi connectivity index (χ2v) is 6.75. The fraction of sp³-hybridized carbons (Fsp3) is 0.846. The van der Waals surface area contributed by atoms with Crippen molar-refractivity contribution in [1.29, 1.82) is 0 Å². The predicted octanol–water partition coefficient (Wildman–Crippen LogP) is 1.42. The third-order valence-corrected chi connectivity index (χ3v) is 5.52. The van der Waals surface area contributed by atoms with E-state index < -0.39 is 12.2 Å². The molecule has 1 saturated heterocycles. The molecule has 0 aromatic rings. The van der Waals surface area contributed by atoms with E-state index in [9.17, 15) is 9.59 Å². The van der Waals surface area contributed by atoms with Crippen LogP contribution in [-0.2, 0) is 9.53 Å². The van der Waals surface area contributed by atoms with E-state index in [1.807, 2.05) is 0 Å². The number of hydrogen-bond donors (Lipinski definition) is 1. The Kier molecular flexibility index (Phi) is 1.95. The molecule has 2 amide bonds. The zero-order chi connectivity index (χ0) is 12.5. The van der Waals surface area contributed by atoms with Crippen LogP contribution in [0.5, 0.6) is 0 Å². The van der Waals surface area contributed by atoms with Gasteiger partial charge in [0.25, 0.3) is 5.91 Å². The number of carbonyl (C=O) groups excluding carboxylic acids is 2. The van der Waals surface area contributed by atoms with Gasteiger partial charge in [-0.25, -0.2) is 10.6 Å². The van der Waals surface area contributed by atoms with Crippen molar-refractivity contribution in [2.24, 2.45) is 29.0 Å². The topological polar surface area (TPSA) is 72.6 Å². The molecule has 18 heavy (non-hydrogen) atoms. The lowest BCUT2D eigenvalue weighted by Gasteiger charge is -2.57. The van der Waals surface area contributed by atoms with Gasteiger partial charge in [-0.05, 0) is 56.3 Å².